The van der Waals surface area contributed by atoms with Gasteiger partial charge in [0, 0.05) is 0 Å². The van der Waals surface area contributed by atoms with Crippen LogP contribution in [-0.4, -0.2) is 23.0 Å². The van der Waals surface area contributed by atoms with Crippen LogP contribution in [-0.2, 0) is 22.5 Å². The van der Waals surface area contributed by atoms with E-state index in [4.69, 9.17) is 18.8 Å². The van der Waals surface area contributed by atoms with E-state index in [-0.39, 0.29) is 13.2 Å². The number of phosphoric ester groups is 1. The fourth-order valence-corrected chi connectivity index (χ4v) is 5.14. The van der Waals surface area contributed by atoms with E-state index in [1.165, 1.54) is 25.7 Å². The van der Waals surface area contributed by atoms with Gasteiger partial charge in [-0.3, -0.25) is 9.05 Å². The molecule has 0 aliphatic heterocycles. The predicted octanol–water partition coefficient (Wildman–Crippen LogP) is 7.23. The van der Waals surface area contributed by atoms with Crippen LogP contribution in [0.3, 0.4) is 0 Å². The zero-order valence-corrected chi connectivity index (χ0v) is 20.7. The van der Waals surface area contributed by atoms with Crippen molar-refractivity contribution in [2.75, 3.05) is 13.2 Å². The van der Waals surface area contributed by atoms with E-state index in [2.05, 4.69) is 32.0 Å². The molecule has 0 saturated heterocycles. The summed E-state index contributed by atoms with van der Waals surface area (Å²) in [4.78, 5) is 18.0. The molecule has 0 aliphatic carbocycles. The highest BCUT2D eigenvalue weighted by Crippen LogP contribution is 2.61. The molecule has 0 atom stereocenters. The predicted molar refractivity (Wildman–Crippen MR) is 118 cm³/mol. The molecule has 2 N–H and O–H groups in total. The van der Waals surface area contributed by atoms with Crippen molar-refractivity contribution in [1.29, 1.82) is 0 Å². The lowest BCUT2D eigenvalue weighted by Crippen LogP contribution is -2.02. The average Bonchev–Trinajstić information content (AvgIpc) is 2.57. The molecule has 0 aromatic rings. The molecule has 0 aromatic heterocycles. The van der Waals surface area contributed by atoms with Crippen LogP contribution < -0.4 is 0 Å². The van der Waals surface area contributed by atoms with Crippen LogP contribution in [0.1, 0.15) is 105 Å². The molecule has 0 unspecified atom stereocenters. The molecular weight excluding hydrogens is 414 g/mol. The number of hydrogen-bond donors (Lipinski definition) is 2. The fraction of sp³-hybridized carbons (Fsp3) is 1.00. The molecule has 0 amide bonds. The zero-order valence-electron chi connectivity index (χ0n) is 18.9. The van der Waals surface area contributed by atoms with E-state index >= 15 is 0 Å². The first-order valence-electron chi connectivity index (χ1n) is 11.2. The highest BCUT2D eigenvalue weighted by Gasteiger charge is 2.35. The molecule has 0 aliphatic rings. The minimum Gasteiger partial charge on any atom is -0.302 e. The van der Waals surface area contributed by atoms with E-state index in [9.17, 15) is 9.13 Å². The molecular formula is C20H44O7P2. The smallest absolute Gasteiger partial charge is 0.302 e. The first-order chi connectivity index (χ1) is 13.5. The van der Waals surface area contributed by atoms with Gasteiger partial charge in [-0.15, -0.1) is 0 Å². The summed E-state index contributed by atoms with van der Waals surface area (Å²) in [5, 5.41) is 0. The van der Waals surface area contributed by atoms with Gasteiger partial charge in [-0.25, -0.2) is 9.13 Å². The SMILES string of the molecule is CC(C)CCCCCCCOP(=O)(OCCCCCCCC(C)C)OP(=O)(O)O. The number of hydrogen-bond acceptors (Lipinski definition) is 5. The van der Waals surface area contributed by atoms with Crippen LogP contribution in [0.4, 0.5) is 0 Å². The Morgan fingerprint density at radius 2 is 0.966 bits per heavy atom. The molecule has 176 valence electrons. The second-order valence-electron chi connectivity index (χ2n) is 8.59. The minimum absolute atomic E-state index is 0.0939. The van der Waals surface area contributed by atoms with Gasteiger partial charge in [0.2, 0.25) is 0 Å². The largest absolute Gasteiger partial charge is 0.483 e. The molecule has 0 rings (SSSR count). The third-order valence-corrected chi connectivity index (χ3v) is 7.21. The van der Waals surface area contributed by atoms with Crippen LogP contribution in [0.2, 0.25) is 0 Å². The quantitative estimate of drug-likeness (QED) is 0.146. The van der Waals surface area contributed by atoms with Crippen molar-refractivity contribution in [1.82, 2.24) is 0 Å². The summed E-state index contributed by atoms with van der Waals surface area (Å²) < 4.78 is 38.2. The number of phosphoric acid groups is 2. The molecule has 29 heavy (non-hydrogen) atoms. The Morgan fingerprint density at radius 1 is 0.621 bits per heavy atom. The maximum Gasteiger partial charge on any atom is 0.483 e. The van der Waals surface area contributed by atoms with Crippen LogP contribution in [0, 0.1) is 11.8 Å². The van der Waals surface area contributed by atoms with Crippen LogP contribution in [0.25, 0.3) is 0 Å². The monoisotopic (exact) mass is 458 g/mol. The van der Waals surface area contributed by atoms with Gasteiger partial charge in [0.25, 0.3) is 0 Å². The van der Waals surface area contributed by atoms with E-state index in [1.54, 1.807) is 0 Å². The fourth-order valence-electron chi connectivity index (χ4n) is 2.94. The average molecular weight is 459 g/mol. The minimum atomic E-state index is -4.96. The van der Waals surface area contributed by atoms with Crippen molar-refractivity contribution in [3.05, 3.63) is 0 Å². The normalized spacial score (nSPS) is 13.0. The van der Waals surface area contributed by atoms with Gasteiger partial charge in [-0.2, -0.15) is 4.31 Å². The van der Waals surface area contributed by atoms with Crippen LogP contribution in [0.15, 0.2) is 0 Å². The van der Waals surface area contributed by atoms with Gasteiger partial charge in [0.15, 0.2) is 0 Å². The zero-order chi connectivity index (χ0) is 22.2. The molecule has 0 fully saturated rings. The molecule has 9 heteroatoms. The summed E-state index contributed by atoms with van der Waals surface area (Å²) in [7, 11) is -9.21. The molecule has 7 nitrogen and oxygen atoms in total. The second kappa shape index (κ2) is 16.9. The van der Waals surface area contributed by atoms with Gasteiger partial charge in [-0.05, 0) is 24.7 Å². The molecule has 0 bridgehead atoms. The number of unbranched alkanes of at least 4 members (excludes halogenated alkanes) is 8. The van der Waals surface area contributed by atoms with Gasteiger partial charge in [0.05, 0.1) is 13.2 Å². The second-order valence-corrected chi connectivity index (χ2v) is 11.6. The molecule has 0 aromatic carbocycles. The van der Waals surface area contributed by atoms with E-state index in [0.717, 1.165) is 38.5 Å². The van der Waals surface area contributed by atoms with Crippen molar-refractivity contribution in [2.24, 2.45) is 11.8 Å². The molecule has 0 saturated carbocycles. The Morgan fingerprint density at radius 3 is 1.31 bits per heavy atom. The highest BCUT2D eigenvalue weighted by molar-refractivity contribution is 7.61. The lowest BCUT2D eigenvalue weighted by Gasteiger charge is -2.18. The molecule has 0 spiro atoms. The van der Waals surface area contributed by atoms with Crippen LogP contribution in [0.5, 0.6) is 0 Å². The maximum absolute atomic E-state index is 12.5. The Bertz CT molecular complexity index is 449. The molecule has 0 radical (unpaired) electrons. The van der Waals surface area contributed by atoms with Gasteiger partial charge in [-0.1, -0.05) is 91.9 Å². The van der Waals surface area contributed by atoms with Gasteiger partial charge < -0.3 is 9.79 Å². The molecule has 0 heterocycles. The summed E-state index contributed by atoms with van der Waals surface area (Å²) in [6, 6.07) is 0. The van der Waals surface area contributed by atoms with Crippen molar-refractivity contribution in [3.8, 4) is 0 Å². The summed E-state index contributed by atoms with van der Waals surface area (Å²) in [6.45, 7) is 9.02. The van der Waals surface area contributed by atoms with Crippen LogP contribution >= 0.6 is 15.6 Å². The maximum atomic E-state index is 12.5. The van der Waals surface area contributed by atoms with Gasteiger partial charge >= 0.3 is 15.6 Å². The van der Waals surface area contributed by atoms with Gasteiger partial charge in [0.1, 0.15) is 0 Å². The Balaban J connectivity index is 4.03. The first-order valence-corrected chi connectivity index (χ1v) is 14.2. The first kappa shape index (κ1) is 29.3. The third kappa shape index (κ3) is 21.3. The van der Waals surface area contributed by atoms with Crippen molar-refractivity contribution in [3.63, 3.8) is 0 Å². The van der Waals surface area contributed by atoms with Crippen molar-refractivity contribution < 1.29 is 32.3 Å². The summed E-state index contributed by atoms with van der Waals surface area (Å²) in [5.74, 6) is 1.43. The Labute approximate surface area is 178 Å². The highest BCUT2D eigenvalue weighted by atomic mass is 31.3. The Hall–Kier alpha value is 0.260. The van der Waals surface area contributed by atoms with Crippen molar-refractivity contribution in [2.45, 2.75) is 105 Å². The third-order valence-electron chi connectivity index (χ3n) is 4.56. The summed E-state index contributed by atoms with van der Waals surface area (Å²) in [5.41, 5.74) is 0. The van der Waals surface area contributed by atoms with Crippen molar-refractivity contribution >= 4 is 15.6 Å². The summed E-state index contributed by atoms with van der Waals surface area (Å²) in [6.07, 6.45) is 12.3. The standard InChI is InChI=1S/C20H44O7P2/c1-19(2)15-11-7-5-9-13-17-25-29(24,27-28(21,22)23)26-18-14-10-6-8-12-16-20(3)4/h19-20H,5-18H2,1-4H3,(H2,21,22,23). The Kier molecular flexibility index (Phi) is 17.0. The summed E-state index contributed by atoms with van der Waals surface area (Å²) >= 11 is 0. The topological polar surface area (TPSA) is 102 Å². The lowest BCUT2D eigenvalue weighted by molar-refractivity contribution is 0.136. The number of rotatable bonds is 20. The van der Waals surface area contributed by atoms with E-state index < -0.39 is 15.6 Å². The van der Waals surface area contributed by atoms with E-state index in [0.29, 0.717) is 24.7 Å². The van der Waals surface area contributed by atoms with E-state index in [1.807, 2.05) is 0 Å². The lowest BCUT2D eigenvalue weighted by atomic mass is 10.0.